The summed E-state index contributed by atoms with van der Waals surface area (Å²) in [5.41, 5.74) is 0.0173. The van der Waals surface area contributed by atoms with Gasteiger partial charge in [0.05, 0.1) is 7.11 Å². The van der Waals surface area contributed by atoms with Crippen LogP contribution in [-0.4, -0.2) is 37.2 Å². The summed E-state index contributed by atoms with van der Waals surface area (Å²) >= 11 is 0. The molecule has 1 rings (SSSR count). The van der Waals surface area contributed by atoms with E-state index in [1.807, 2.05) is 0 Å². The number of hydrogen-bond acceptors (Lipinski definition) is 5. The number of carbonyl (C=O) groups is 2. The quantitative estimate of drug-likeness (QED) is 0.605. The van der Waals surface area contributed by atoms with Crippen LogP contribution in [0.4, 0.5) is 4.39 Å². The molecule has 0 bridgehead atoms. The molecule has 0 amide bonds. The summed E-state index contributed by atoms with van der Waals surface area (Å²) in [5.74, 6) is -1.39. The second kappa shape index (κ2) is 6.70. The van der Waals surface area contributed by atoms with Crippen LogP contribution in [0.25, 0.3) is 0 Å². The van der Waals surface area contributed by atoms with E-state index in [2.05, 4.69) is 4.74 Å². The first-order valence-corrected chi connectivity index (χ1v) is 5.23. The molecule has 1 unspecified atom stereocenters. The molecular formula is C12H13FO5. The van der Waals surface area contributed by atoms with Gasteiger partial charge in [-0.2, -0.15) is 0 Å². The zero-order valence-electron chi connectivity index (χ0n) is 9.76. The Morgan fingerprint density at radius 1 is 1.56 bits per heavy atom. The van der Waals surface area contributed by atoms with Crippen LogP contribution in [0.2, 0.25) is 0 Å². The van der Waals surface area contributed by atoms with Crippen molar-refractivity contribution in [1.82, 2.24) is 0 Å². The Bertz CT molecular complexity index is 432. The molecule has 1 aromatic carbocycles. The van der Waals surface area contributed by atoms with E-state index in [0.29, 0.717) is 6.29 Å². The summed E-state index contributed by atoms with van der Waals surface area (Å²) in [6.07, 6.45) is -0.414. The van der Waals surface area contributed by atoms with E-state index in [1.54, 1.807) is 0 Å². The minimum atomic E-state index is -0.944. The molecule has 5 nitrogen and oxygen atoms in total. The third-order valence-electron chi connectivity index (χ3n) is 2.19. The average Bonchev–Trinajstić information content (AvgIpc) is 2.37. The molecule has 0 saturated heterocycles. The number of ether oxygens (including phenoxy) is 2. The van der Waals surface area contributed by atoms with Gasteiger partial charge >= 0.3 is 5.97 Å². The van der Waals surface area contributed by atoms with E-state index < -0.39 is 17.9 Å². The highest BCUT2D eigenvalue weighted by Gasteiger charge is 2.17. The summed E-state index contributed by atoms with van der Waals surface area (Å²) in [7, 11) is 1.18. The molecule has 0 spiro atoms. The minimum Gasteiger partial charge on any atom is -0.482 e. The molecule has 6 heteroatoms. The maximum Gasteiger partial charge on any atom is 0.341 e. The Morgan fingerprint density at radius 2 is 2.28 bits per heavy atom. The van der Waals surface area contributed by atoms with Crippen molar-refractivity contribution in [3.8, 4) is 5.75 Å². The Kier molecular flexibility index (Phi) is 5.26. The molecule has 0 aromatic heterocycles. The van der Waals surface area contributed by atoms with Gasteiger partial charge in [0.1, 0.15) is 17.1 Å². The van der Waals surface area contributed by atoms with Crippen molar-refractivity contribution >= 4 is 12.3 Å². The van der Waals surface area contributed by atoms with Gasteiger partial charge in [-0.1, -0.05) is 0 Å². The first-order valence-electron chi connectivity index (χ1n) is 5.23. The normalized spacial score (nSPS) is 11.7. The predicted molar refractivity (Wildman–Crippen MR) is 59.9 cm³/mol. The number of esters is 1. The molecule has 0 fully saturated rings. The van der Waals surface area contributed by atoms with Crippen molar-refractivity contribution in [3.05, 3.63) is 29.6 Å². The van der Waals surface area contributed by atoms with Gasteiger partial charge in [0, 0.05) is 19.1 Å². The zero-order valence-corrected chi connectivity index (χ0v) is 9.76. The lowest BCUT2D eigenvalue weighted by molar-refractivity contribution is -0.114. The fourth-order valence-corrected chi connectivity index (χ4v) is 1.32. The lowest BCUT2D eigenvalue weighted by Crippen LogP contribution is -2.21. The van der Waals surface area contributed by atoms with E-state index in [9.17, 15) is 14.0 Å². The molecule has 0 saturated carbocycles. The molecule has 0 aliphatic heterocycles. The highest BCUT2D eigenvalue weighted by molar-refractivity contribution is 5.92. The maximum atomic E-state index is 13.1. The summed E-state index contributed by atoms with van der Waals surface area (Å²) < 4.78 is 22.8. The van der Waals surface area contributed by atoms with Crippen molar-refractivity contribution < 1.29 is 28.6 Å². The highest BCUT2D eigenvalue weighted by atomic mass is 19.1. The second-order valence-corrected chi connectivity index (χ2v) is 3.44. The number of aliphatic hydroxyl groups is 1. The van der Waals surface area contributed by atoms with Crippen molar-refractivity contribution in [3.63, 3.8) is 0 Å². The Morgan fingerprint density at radius 3 is 2.83 bits per heavy atom. The number of methoxy groups -OCH3 is 1. The molecule has 0 aliphatic rings. The summed E-state index contributed by atoms with van der Waals surface area (Å²) in [6.45, 7) is -0.258. The predicted octanol–water partition coefficient (Wildman–Crippen LogP) is 0.941. The Hall–Kier alpha value is -1.95. The highest BCUT2D eigenvalue weighted by Crippen LogP contribution is 2.22. The van der Waals surface area contributed by atoms with Gasteiger partial charge in [-0.3, -0.25) is 4.79 Å². The summed E-state index contributed by atoms with van der Waals surface area (Å²) in [5, 5.41) is 8.72. The van der Waals surface area contributed by atoms with E-state index in [-0.39, 0.29) is 24.3 Å². The average molecular weight is 256 g/mol. The molecule has 0 aliphatic carbocycles. The third-order valence-corrected chi connectivity index (χ3v) is 2.19. The van der Waals surface area contributed by atoms with E-state index >= 15 is 0 Å². The minimum absolute atomic E-state index is 0.0173. The summed E-state index contributed by atoms with van der Waals surface area (Å²) in [6, 6.07) is 3.28. The van der Waals surface area contributed by atoms with Crippen LogP contribution < -0.4 is 4.74 Å². The van der Waals surface area contributed by atoms with Crippen molar-refractivity contribution in [2.75, 3.05) is 13.7 Å². The number of aliphatic hydroxyl groups excluding tert-OH is 1. The van der Waals surface area contributed by atoms with Gasteiger partial charge in [-0.05, 0) is 12.1 Å². The second-order valence-electron chi connectivity index (χ2n) is 3.44. The Balaban J connectivity index is 3.01. The molecule has 1 atom stereocenters. The van der Waals surface area contributed by atoms with Gasteiger partial charge in [0.2, 0.25) is 0 Å². The lowest BCUT2D eigenvalue weighted by atomic mass is 10.2. The van der Waals surface area contributed by atoms with Crippen LogP contribution in [0.5, 0.6) is 5.75 Å². The van der Waals surface area contributed by atoms with Crippen LogP contribution in [0.15, 0.2) is 18.2 Å². The van der Waals surface area contributed by atoms with Crippen LogP contribution in [-0.2, 0) is 9.53 Å². The number of carbonyl (C=O) groups excluding carboxylic acids is 2. The van der Waals surface area contributed by atoms with Gasteiger partial charge in [0.15, 0.2) is 12.4 Å². The molecule has 18 heavy (non-hydrogen) atoms. The van der Waals surface area contributed by atoms with E-state index in [4.69, 9.17) is 9.84 Å². The SMILES string of the molecule is COC(=O)c1ccc(F)cc1OC(C=O)CCO. The number of benzene rings is 1. The van der Waals surface area contributed by atoms with Crippen LogP contribution >= 0.6 is 0 Å². The number of hydrogen-bond donors (Lipinski definition) is 1. The molecule has 1 aromatic rings. The number of rotatable bonds is 6. The molecule has 0 radical (unpaired) electrons. The van der Waals surface area contributed by atoms with Crippen LogP contribution in [0, 0.1) is 5.82 Å². The number of aldehydes is 1. The van der Waals surface area contributed by atoms with Gasteiger partial charge in [-0.15, -0.1) is 0 Å². The number of halogens is 1. The van der Waals surface area contributed by atoms with Crippen molar-refractivity contribution in [2.24, 2.45) is 0 Å². The topological polar surface area (TPSA) is 72.8 Å². The fourth-order valence-electron chi connectivity index (χ4n) is 1.32. The Labute approximate surface area is 103 Å². The maximum absolute atomic E-state index is 13.1. The fraction of sp³-hybridized carbons (Fsp3) is 0.333. The van der Waals surface area contributed by atoms with Crippen LogP contribution in [0.1, 0.15) is 16.8 Å². The third kappa shape index (κ3) is 3.53. The van der Waals surface area contributed by atoms with Crippen molar-refractivity contribution in [2.45, 2.75) is 12.5 Å². The molecule has 0 heterocycles. The smallest absolute Gasteiger partial charge is 0.341 e. The monoisotopic (exact) mass is 256 g/mol. The zero-order chi connectivity index (χ0) is 13.5. The van der Waals surface area contributed by atoms with Gasteiger partial charge < -0.3 is 14.6 Å². The lowest BCUT2D eigenvalue weighted by Gasteiger charge is -2.14. The van der Waals surface area contributed by atoms with Gasteiger partial charge in [0.25, 0.3) is 0 Å². The van der Waals surface area contributed by atoms with Crippen molar-refractivity contribution in [1.29, 1.82) is 0 Å². The molecular weight excluding hydrogens is 243 g/mol. The standard InChI is InChI=1S/C12H13FO5/c1-17-12(16)10-3-2-8(13)6-11(10)18-9(7-15)4-5-14/h2-3,6-7,9,14H,4-5H2,1H3. The largest absolute Gasteiger partial charge is 0.482 e. The van der Waals surface area contributed by atoms with Gasteiger partial charge in [-0.25, -0.2) is 9.18 Å². The summed E-state index contributed by atoms with van der Waals surface area (Å²) in [4.78, 5) is 22.1. The van der Waals surface area contributed by atoms with Crippen LogP contribution in [0.3, 0.4) is 0 Å². The first-order chi connectivity index (χ1) is 8.62. The molecule has 98 valence electrons. The van der Waals surface area contributed by atoms with E-state index in [1.165, 1.54) is 13.2 Å². The first kappa shape index (κ1) is 14.1. The van der Waals surface area contributed by atoms with E-state index in [0.717, 1.165) is 12.1 Å². The molecule has 1 N–H and O–H groups in total.